The van der Waals surface area contributed by atoms with Crippen molar-refractivity contribution in [2.24, 2.45) is 5.92 Å². The second-order valence-electron chi connectivity index (χ2n) is 6.91. The van der Waals surface area contributed by atoms with E-state index in [1.807, 2.05) is 24.3 Å². The zero-order chi connectivity index (χ0) is 18.5. The van der Waals surface area contributed by atoms with Crippen molar-refractivity contribution in [3.63, 3.8) is 0 Å². The summed E-state index contributed by atoms with van der Waals surface area (Å²) in [5.41, 5.74) is 2.60. The van der Waals surface area contributed by atoms with Gasteiger partial charge >= 0.3 is 0 Å². The van der Waals surface area contributed by atoms with Gasteiger partial charge in [-0.1, -0.05) is 24.3 Å². The van der Waals surface area contributed by atoms with E-state index in [4.69, 9.17) is 0 Å². The number of aryl methyl sites for hydroxylation is 1. The summed E-state index contributed by atoms with van der Waals surface area (Å²) in [7, 11) is 0. The molecule has 1 atom stereocenters. The summed E-state index contributed by atoms with van der Waals surface area (Å²) in [6.45, 7) is 0. The zero-order valence-electron chi connectivity index (χ0n) is 14.7. The molecule has 136 valence electrons. The lowest BCUT2D eigenvalue weighted by Gasteiger charge is -2.24. The molecule has 0 saturated carbocycles. The third kappa shape index (κ3) is 4.45. The molecule has 0 aliphatic heterocycles. The number of carbonyl (C=O) groups excluding carboxylic acids is 1. The first kappa shape index (κ1) is 18.1. The molecule has 4 heteroatoms. The standard InChI is InChI=1S/C22H24O4/c23-18-9-4-15(5-10-18)8-13-21(25)20-3-1-2-17(22(20)26)14-16-6-11-19(24)12-7-16/h4-7,9-12,17,23-24,26H,1-3,8,13-14H2. The van der Waals surface area contributed by atoms with Crippen molar-refractivity contribution in [3.8, 4) is 11.5 Å². The third-order valence-corrected chi connectivity index (χ3v) is 5.01. The van der Waals surface area contributed by atoms with Crippen molar-refractivity contribution < 1.29 is 20.1 Å². The number of ketones is 1. The number of hydrogen-bond acceptors (Lipinski definition) is 4. The number of aliphatic hydroxyl groups excluding tert-OH is 1. The summed E-state index contributed by atoms with van der Waals surface area (Å²) < 4.78 is 0. The largest absolute Gasteiger partial charge is 0.512 e. The van der Waals surface area contributed by atoms with Crippen LogP contribution in [-0.4, -0.2) is 21.1 Å². The number of hydrogen-bond donors (Lipinski definition) is 3. The van der Waals surface area contributed by atoms with Crippen LogP contribution < -0.4 is 0 Å². The fourth-order valence-electron chi connectivity index (χ4n) is 3.51. The quantitative estimate of drug-likeness (QED) is 0.717. The van der Waals surface area contributed by atoms with E-state index in [2.05, 4.69) is 0 Å². The van der Waals surface area contributed by atoms with Crippen molar-refractivity contribution in [2.45, 2.75) is 38.5 Å². The van der Waals surface area contributed by atoms with Gasteiger partial charge < -0.3 is 15.3 Å². The minimum atomic E-state index is -0.0408. The van der Waals surface area contributed by atoms with E-state index < -0.39 is 0 Å². The number of carbonyl (C=O) groups is 1. The predicted octanol–water partition coefficient (Wildman–Crippen LogP) is 4.45. The number of aliphatic hydroxyl groups is 1. The molecule has 1 aliphatic carbocycles. The average Bonchev–Trinajstić information content (AvgIpc) is 2.64. The molecule has 0 saturated heterocycles. The molecular formula is C22H24O4. The van der Waals surface area contributed by atoms with Crippen LogP contribution in [0.2, 0.25) is 0 Å². The topological polar surface area (TPSA) is 77.8 Å². The second kappa shape index (κ2) is 8.09. The van der Waals surface area contributed by atoms with Crippen LogP contribution in [0.25, 0.3) is 0 Å². The normalized spacial score (nSPS) is 17.3. The van der Waals surface area contributed by atoms with E-state index in [0.717, 1.165) is 24.0 Å². The smallest absolute Gasteiger partial charge is 0.162 e. The molecule has 0 bridgehead atoms. The molecule has 2 aromatic carbocycles. The summed E-state index contributed by atoms with van der Waals surface area (Å²) in [6.07, 6.45) is 4.01. The van der Waals surface area contributed by atoms with E-state index in [9.17, 15) is 20.1 Å². The van der Waals surface area contributed by atoms with Crippen molar-refractivity contribution in [2.75, 3.05) is 0 Å². The van der Waals surface area contributed by atoms with Gasteiger partial charge in [0.1, 0.15) is 17.3 Å². The Kier molecular flexibility index (Phi) is 5.61. The molecule has 1 unspecified atom stereocenters. The maximum Gasteiger partial charge on any atom is 0.162 e. The Morgan fingerprint density at radius 2 is 1.46 bits per heavy atom. The lowest BCUT2D eigenvalue weighted by atomic mass is 9.82. The van der Waals surface area contributed by atoms with Gasteiger partial charge in [0.15, 0.2) is 5.78 Å². The van der Waals surface area contributed by atoms with Gasteiger partial charge in [0, 0.05) is 17.9 Å². The molecule has 0 fully saturated rings. The highest BCUT2D eigenvalue weighted by Crippen LogP contribution is 2.32. The molecule has 0 amide bonds. The van der Waals surface area contributed by atoms with Crippen LogP contribution in [0.5, 0.6) is 11.5 Å². The molecule has 2 aromatic rings. The summed E-state index contributed by atoms with van der Waals surface area (Å²) in [6, 6.07) is 13.8. The molecular weight excluding hydrogens is 328 g/mol. The van der Waals surface area contributed by atoms with Gasteiger partial charge in [-0.2, -0.15) is 0 Å². The van der Waals surface area contributed by atoms with Gasteiger partial charge in [-0.25, -0.2) is 0 Å². The monoisotopic (exact) mass is 352 g/mol. The van der Waals surface area contributed by atoms with Crippen molar-refractivity contribution >= 4 is 5.78 Å². The Balaban J connectivity index is 1.65. The molecule has 0 spiro atoms. The zero-order valence-corrected chi connectivity index (χ0v) is 14.7. The molecule has 3 N–H and O–H groups in total. The summed E-state index contributed by atoms with van der Waals surface area (Å²) in [5.74, 6) is 0.638. The number of benzene rings is 2. The number of phenols is 2. The number of rotatable bonds is 6. The van der Waals surface area contributed by atoms with Gasteiger partial charge in [-0.05, 0) is 67.5 Å². The molecule has 3 rings (SSSR count). The number of aromatic hydroxyl groups is 2. The van der Waals surface area contributed by atoms with Crippen LogP contribution in [0.4, 0.5) is 0 Å². The number of phenolic OH excluding ortho intramolecular Hbond substituents is 2. The Labute approximate surface area is 153 Å². The number of Topliss-reactive ketones (excluding diaryl/α,β-unsaturated/α-hetero) is 1. The van der Waals surface area contributed by atoms with Gasteiger partial charge in [0.05, 0.1) is 0 Å². The highest BCUT2D eigenvalue weighted by molar-refractivity contribution is 5.96. The molecule has 4 nitrogen and oxygen atoms in total. The lowest BCUT2D eigenvalue weighted by molar-refractivity contribution is -0.116. The molecule has 0 aromatic heterocycles. The minimum absolute atomic E-state index is 0.00554. The van der Waals surface area contributed by atoms with Gasteiger partial charge in [0.25, 0.3) is 0 Å². The average molecular weight is 352 g/mol. The first-order valence-electron chi connectivity index (χ1n) is 9.04. The van der Waals surface area contributed by atoms with Crippen LogP contribution in [0.15, 0.2) is 59.9 Å². The highest BCUT2D eigenvalue weighted by atomic mass is 16.3. The maximum absolute atomic E-state index is 12.6. The third-order valence-electron chi connectivity index (χ3n) is 5.01. The van der Waals surface area contributed by atoms with Crippen LogP contribution in [0.3, 0.4) is 0 Å². The van der Waals surface area contributed by atoms with Crippen LogP contribution in [0.1, 0.15) is 36.8 Å². The summed E-state index contributed by atoms with van der Waals surface area (Å²) in [5, 5.41) is 29.3. The molecule has 0 radical (unpaired) electrons. The van der Waals surface area contributed by atoms with Crippen LogP contribution >= 0.6 is 0 Å². The fraction of sp³-hybridized carbons (Fsp3) is 0.318. The minimum Gasteiger partial charge on any atom is -0.512 e. The van der Waals surface area contributed by atoms with Gasteiger partial charge in [-0.15, -0.1) is 0 Å². The first-order valence-corrected chi connectivity index (χ1v) is 9.04. The predicted molar refractivity (Wildman–Crippen MR) is 100 cm³/mol. The Morgan fingerprint density at radius 1 is 0.885 bits per heavy atom. The van der Waals surface area contributed by atoms with Crippen LogP contribution in [0, 0.1) is 5.92 Å². The van der Waals surface area contributed by atoms with Gasteiger partial charge in [0.2, 0.25) is 0 Å². The lowest BCUT2D eigenvalue weighted by Crippen LogP contribution is -2.19. The Morgan fingerprint density at radius 3 is 2.08 bits per heavy atom. The van der Waals surface area contributed by atoms with Crippen molar-refractivity contribution in [1.82, 2.24) is 0 Å². The van der Waals surface area contributed by atoms with E-state index in [-0.39, 0.29) is 29.0 Å². The van der Waals surface area contributed by atoms with E-state index >= 15 is 0 Å². The second-order valence-corrected chi connectivity index (χ2v) is 6.91. The number of allylic oxidation sites excluding steroid dienone is 2. The Bertz CT molecular complexity index is 788. The van der Waals surface area contributed by atoms with Crippen molar-refractivity contribution in [1.29, 1.82) is 0 Å². The first-order chi connectivity index (χ1) is 12.5. The molecule has 1 aliphatic rings. The molecule has 26 heavy (non-hydrogen) atoms. The van der Waals surface area contributed by atoms with Crippen molar-refractivity contribution in [3.05, 3.63) is 71.0 Å². The van der Waals surface area contributed by atoms with E-state index in [0.29, 0.717) is 31.3 Å². The summed E-state index contributed by atoms with van der Waals surface area (Å²) in [4.78, 5) is 12.6. The maximum atomic E-state index is 12.6. The van der Waals surface area contributed by atoms with Crippen LogP contribution in [-0.2, 0) is 17.6 Å². The van der Waals surface area contributed by atoms with E-state index in [1.54, 1.807) is 24.3 Å². The fourth-order valence-corrected chi connectivity index (χ4v) is 3.51. The van der Waals surface area contributed by atoms with E-state index in [1.165, 1.54) is 0 Å². The SMILES string of the molecule is O=C(CCc1ccc(O)cc1)C1=C(O)C(Cc2ccc(O)cc2)CCC1. The highest BCUT2D eigenvalue weighted by Gasteiger charge is 2.26. The van der Waals surface area contributed by atoms with Gasteiger partial charge in [-0.3, -0.25) is 4.79 Å². The molecule has 0 heterocycles. The Hall–Kier alpha value is -2.75. The summed E-state index contributed by atoms with van der Waals surface area (Å²) >= 11 is 0.